The summed E-state index contributed by atoms with van der Waals surface area (Å²) in [5.41, 5.74) is 0. The number of piperidine rings is 1. The summed E-state index contributed by atoms with van der Waals surface area (Å²) in [5, 5.41) is 12.0. The monoisotopic (exact) mass is 308 g/mol. The van der Waals surface area contributed by atoms with Crippen LogP contribution in [-0.2, 0) is 4.79 Å². The normalized spacial score (nSPS) is 31.3. The van der Waals surface area contributed by atoms with E-state index >= 15 is 0 Å². The van der Waals surface area contributed by atoms with Crippen molar-refractivity contribution in [1.29, 1.82) is 0 Å². The zero-order valence-electron chi connectivity index (χ0n) is 12.0. The van der Waals surface area contributed by atoms with Crippen molar-refractivity contribution in [3.05, 3.63) is 0 Å². The SMILES string of the molecule is O=C(CN1CCCCC1C1CCCC1O)NCC(F)(F)F. The van der Waals surface area contributed by atoms with E-state index in [0.29, 0.717) is 6.54 Å². The smallest absolute Gasteiger partial charge is 0.393 e. The van der Waals surface area contributed by atoms with E-state index in [-0.39, 0.29) is 24.6 Å². The largest absolute Gasteiger partial charge is 0.405 e. The fraction of sp³-hybridized carbons (Fsp3) is 0.929. The van der Waals surface area contributed by atoms with E-state index in [1.54, 1.807) is 0 Å². The van der Waals surface area contributed by atoms with Gasteiger partial charge in [-0.25, -0.2) is 0 Å². The van der Waals surface area contributed by atoms with Gasteiger partial charge in [-0.15, -0.1) is 0 Å². The summed E-state index contributed by atoms with van der Waals surface area (Å²) < 4.78 is 36.3. The number of carbonyl (C=O) groups excluding carboxylic acids is 1. The van der Waals surface area contributed by atoms with Crippen molar-refractivity contribution >= 4 is 5.91 Å². The number of carbonyl (C=O) groups is 1. The molecule has 0 aromatic rings. The molecule has 122 valence electrons. The van der Waals surface area contributed by atoms with E-state index in [0.717, 1.165) is 38.5 Å². The highest BCUT2D eigenvalue weighted by Gasteiger charge is 2.37. The zero-order valence-corrected chi connectivity index (χ0v) is 12.0. The van der Waals surface area contributed by atoms with Gasteiger partial charge in [-0.3, -0.25) is 9.69 Å². The minimum Gasteiger partial charge on any atom is -0.393 e. The first-order valence-electron chi connectivity index (χ1n) is 7.62. The van der Waals surface area contributed by atoms with Crippen molar-refractivity contribution in [3.63, 3.8) is 0 Å². The van der Waals surface area contributed by atoms with Crippen LogP contribution in [0.25, 0.3) is 0 Å². The molecule has 1 aliphatic carbocycles. The van der Waals surface area contributed by atoms with Crippen LogP contribution in [0.15, 0.2) is 0 Å². The summed E-state index contributed by atoms with van der Waals surface area (Å²) in [5.74, 6) is -0.438. The maximum atomic E-state index is 12.1. The van der Waals surface area contributed by atoms with Gasteiger partial charge < -0.3 is 10.4 Å². The third-order valence-electron chi connectivity index (χ3n) is 4.52. The van der Waals surface area contributed by atoms with Gasteiger partial charge in [-0.2, -0.15) is 13.2 Å². The topological polar surface area (TPSA) is 52.6 Å². The molecule has 0 aromatic carbocycles. The second kappa shape index (κ2) is 6.96. The molecule has 2 aliphatic rings. The van der Waals surface area contributed by atoms with Crippen LogP contribution < -0.4 is 5.32 Å². The molecule has 1 saturated carbocycles. The van der Waals surface area contributed by atoms with Gasteiger partial charge in [0.05, 0.1) is 12.6 Å². The number of halogens is 3. The van der Waals surface area contributed by atoms with Crippen molar-refractivity contribution in [3.8, 4) is 0 Å². The van der Waals surface area contributed by atoms with Crippen LogP contribution in [0.1, 0.15) is 38.5 Å². The molecule has 21 heavy (non-hydrogen) atoms. The molecule has 7 heteroatoms. The Kier molecular flexibility index (Phi) is 5.48. The lowest BCUT2D eigenvalue weighted by Gasteiger charge is -2.40. The van der Waals surface area contributed by atoms with Crippen molar-refractivity contribution in [2.24, 2.45) is 5.92 Å². The molecule has 2 rings (SSSR count). The number of aliphatic hydroxyl groups excluding tert-OH is 1. The molecule has 0 spiro atoms. The number of alkyl halides is 3. The molecule has 1 saturated heterocycles. The predicted molar refractivity (Wildman–Crippen MR) is 71.6 cm³/mol. The third-order valence-corrected chi connectivity index (χ3v) is 4.52. The molecule has 3 unspecified atom stereocenters. The minimum absolute atomic E-state index is 0.00995. The van der Waals surface area contributed by atoms with Crippen molar-refractivity contribution in [2.45, 2.75) is 56.8 Å². The van der Waals surface area contributed by atoms with Crippen molar-refractivity contribution in [1.82, 2.24) is 10.2 Å². The highest BCUT2D eigenvalue weighted by atomic mass is 19.4. The molecule has 0 radical (unpaired) electrons. The lowest BCUT2D eigenvalue weighted by atomic mass is 9.88. The van der Waals surface area contributed by atoms with Gasteiger partial charge in [0.25, 0.3) is 0 Å². The van der Waals surface area contributed by atoms with Crippen LogP contribution in [0, 0.1) is 5.92 Å². The Morgan fingerprint density at radius 2 is 1.95 bits per heavy atom. The summed E-state index contributed by atoms with van der Waals surface area (Å²) >= 11 is 0. The Hall–Kier alpha value is -0.820. The zero-order chi connectivity index (χ0) is 15.5. The second-order valence-electron chi connectivity index (χ2n) is 6.09. The first-order valence-corrected chi connectivity index (χ1v) is 7.62. The van der Waals surface area contributed by atoms with Gasteiger partial charge >= 0.3 is 6.18 Å². The van der Waals surface area contributed by atoms with Crippen LogP contribution in [0.2, 0.25) is 0 Å². The molecule has 1 heterocycles. The second-order valence-corrected chi connectivity index (χ2v) is 6.09. The quantitative estimate of drug-likeness (QED) is 0.831. The average Bonchev–Trinajstić information content (AvgIpc) is 2.82. The lowest BCUT2D eigenvalue weighted by Crippen LogP contribution is -2.50. The molecular weight excluding hydrogens is 285 g/mol. The van der Waals surface area contributed by atoms with Crippen molar-refractivity contribution < 1.29 is 23.1 Å². The summed E-state index contributed by atoms with van der Waals surface area (Å²) in [7, 11) is 0. The highest BCUT2D eigenvalue weighted by molar-refractivity contribution is 5.78. The first kappa shape index (κ1) is 16.5. The number of amides is 1. The molecular formula is C14H23F3N2O2. The molecule has 1 amide bonds. The summed E-state index contributed by atoms with van der Waals surface area (Å²) in [6, 6.07) is 0.118. The number of aliphatic hydroxyl groups is 1. The van der Waals surface area contributed by atoms with Crippen LogP contribution in [0.4, 0.5) is 13.2 Å². The Bertz CT molecular complexity index is 363. The maximum absolute atomic E-state index is 12.1. The van der Waals surface area contributed by atoms with E-state index in [9.17, 15) is 23.1 Å². The lowest BCUT2D eigenvalue weighted by molar-refractivity contribution is -0.139. The summed E-state index contributed by atoms with van der Waals surface area (Å²) in [6.45, 7) is -0.576. The van der Waals surface area contributed by atoms with Gasteiger partial charge in [0.2, 0.25) is 5.91 Å². The molecule has 3 atom stereocenters. The number of likely N-dealkylation sites (tertiary alicyclic amines) is 1. The molecule has 0 aromatic heterocycles. The molecule has 1 aliphatic heterocycles. The Morgan fingerprint density at radius 3 is 2.57 bits per heavy atom. The van der Waals surface area contributed by atoms with Crippen LogP contribution in [0.3, 0.4) is 0 Å². The van der Waals surface area contributed by atoms with E-state index in [1.807, 2.05) is 10.2 Å². The number of nitrogens with zero attached hydrogens (tertiary/aromatic N) is 1. The minimum atomic E-state index is -4.38. The Morgan fingerprint density at radius 1 is 1.19 bits per heavy atom. The first-order chi connectivity index (χ1) is 9.87. The van der Waals surface area contributed by atoms with E-state index in [4.69, 9.17) is 0 Å². The number of hydrogen-bond donors (Lipinski definition) is 2. The van der Waals surface area contributed by atoms with Crippen LogP contribution >= 0.6 is 0 Å². The van der Waals surface area contributed by atoms with Gasteiger partial charge in [0.1, 0.15) is 6.54 Å². The van der Waals surface area contributed by atoms with E-state index < -0.39 is 18.6 Å². The molecule has 2 fully saturated rings. The van der Waals surface area contributed by atoms with E-state index in [2.05, 4.69) is 0 Å². The van der Waals surface area contributed by atoms with Gasteiger partial charge in [0, 0.05) is 12.0 Å². The highest BCUT2D eigenvalue weighted by Crippen LogP contribution is 2.35. The van der Waals surface area contributed by atoms with E-state index in [1.165, 1.54) is 0 Å². The van der Waals surface area contributed by atoms with Gasteiger partial charge in [0.15, 0.2) is 0 Å². The van der Waals surface area contributed by atoms with Crippen LogP contribution in [-0.4, -0.2) is 53.9 Å². The fourth-order valence-electron chi connectivity index (χ4n) is 3.56. The van der Waals surface area contributed by atoms with Crippen LogP contribution in [0.5, 0.6) is 0 Å². The fourth-order valence-corrected chi connectivity index (χ4v) is 3.56. The predicted octanol–water partition coefficient (Wildman–Crippen LogP) is 1.68. The van der Waals surface area contributed by atoms with Gasteiger partial charge in [-0.05, 0) is 32.2 Å². The Labute approximate surface area is 122 Å². The standard InChI is InChI=1S/C14H23F3N2O2/c15-14(16,17)9-18-13(21)8-19-7-2-1-5-11(19)10-4-3-6-12(10)20/h10-12,20H,1-9H2,(H,18,21). The van der Waals surface area contributed by atoms with Gasteiger partial charge in [-0.1, -0.05) is 12.8 Å². The number of nitrogens with one attached hydrogen (secondary N) is 1. The summed E-state index contributed by atoms with van der Waals surface area (Å²) in [6.07, 6.45) is 0.903. The average molecular weight is 308 g/mol. The Balaban J connectivity index is 1.88. The third kappa shape index (κ3) is 4.85. The maximum Gasteiger partial charge on any atom is 0.405 e. The molecule has 2 N–H and O–H groups in total. The summed E-state index contributed by atoms with van der Waals surface area (Å²) in [4.78, 5) is 13.6. The number of rotatable bonds is 4. The molecule has 4 nitrogen and oxygen atoms in total. The number of hydrogen-bond acceptors (Lipinski definition) is 3. The molecule has 0 bridgehead atoms. The van der Waals surface area contributed by atoms with Crippen molar-refractivity contribution in [2.75, 3.05) is 19.6 Å².